The van der Waals surface area contributed by atoms with E-state index in [2.05, 4.69) is 10.3 Å². The van der Waals surface area contributed by atoms with E-state index in [0.29, 0.717) is 22.4 Å². The molecule has 1 amide bonds. The lowest BCUT2D eigenvalue weighted by atomic mass is 10.1. The molecular weight excluding hydrogens is 335 g/mol. The van der Waals surface area contributed by atoms with Crippen molar-refractivity contribution in [1.82, 2.24) is 19.9 Å². The van der Waals surface area contributed by atoms with Gasteiger partial charge in [0.1, 0.15) is 5.69 Å². The maximum Gasteiger partial charge on any atom is 0.222 e. The van der Waals surface area contributed by atoms with Gasteiger partial charge in [-0.05, 0) is 30.9 Å². The van der Waals surface area contributed by atoms with Gasteiger partial charge in [-0.3, -0.25) is 4.79 Å². The Labute approximate surface area is 144 Å². The number of aromatic nitrogens is 3. The van der Waals surface area contributed by atoms with Crippen LogP contribution >= 0.6 is 23.2 Å². The van der Waals surface area contributed by atoms with E-state index in [-0.39, 0.29) is 11.9 Å². The van der Waals surface area contributed by atoms with Crippen LogP contribution in [0.3, 0.4) is 0 Å². The third kappa shape index (κ3) is 3.08. The van der Waals surface area contributed by atoms with Gasteiger partial charge in [0.2, 0.25) is 5.91 Å². The lowest BCUT2D eigenvalue weighted by Gasteiger charge is -2.39. The highest BCUT2D eigenvalue weighted by Gasteiger charge is 2.35. The minimum Gasteiger partial charge on any atom is -0.338 e. The van der Waals surface area contributed by atoms with E-state index in [9.17, 15) is 4.79 Å². The molecule has 1 saturated heterocycles. The Hall–Kier alpha value is -1.59. The van der Waals surface area contributed by atoms with Crippen molar-refractivity contribution in [2.45, 2.75) is 25.3 Å². The van der Waals surface area contributed by atoms with Gasteiger partial charge in [-0.2, -0.15) is 0 Å². The molecular formula is C16H16Cl2N4O. The quantitative estimate of drug-likeness (QED) is 0.848. The highest BCUT2D eigenvalue weighted by Crippen LogP contribution is 2.34. The molecule has 0 N–H and O–H groups in total. The van der Waals surface area contributed by atoms with Gasteiger partial charge in [-0.15, -0.1) is 5.10 Å². The number of amides is 1. The van der Waals surface area contributed by atoms with Crippen molar-refractivity contribution in [1.29, 1.82) is 0 Å². The van der Waals surface area contributed by atoms with Crippen LogP contribution in [-0.2, 0) is 4.79 Å². The average Bonchev–Trinajstić information content (AvgIpc) is 3.15. The molecule has 7 heteroatoms. The van der Waals surface area contributed by atoms with Crippen LogP contribution in [0.2, 0.25) is 10.0 Å². The molecule has 0 spiro atoms. The zero-order valence-corrected chi connectivity index (χ0v) is 14.0. The monoisotopic (exact) mass is 350 g/mol. The maximum absolute atomic E-state index is 12.0. The molecule has 2 heterocycles. The van der Waals surface area contributed by atoms with Crippen LogP contribution < -0.4 is 0 Å². The van der Waals surface area contributed by atoms with E-state index in [1.165, 1.54) is 12.8 Å². The molecule has 2 fully saturated rings. The number of halogens is 2. The summed E-state index contributed by atoms with van der Waals surface area (Å²) in [5.41, 5.74) is 1.64. The zero-order valence-electron chi connectivity index (χ0n) is 12.5. The van der Waals surface area contributed by atoms with Crippen molar-refractivity contribution in [3.8, 4) is 11.3 Å². The Morgan fingerprint density at radius 3 is 2.70 bits per heavy atom. The van der Waals surface area contributed by atoms with E-state index in [1.54, 1.807) is 12.1 Å². The van der Waals surface area contributed by atoms with Gasteiger partial charge < -0.3 is 4.90 Å². The third-order valence-electron chi connectivity index (χ3n) is 4.47. The Morgan fingerprint density at radius 1 is 1.22 bits per heavy atom. The average molecular weight is 351 g/mol. The third-order valence-corrected chi connectivity index (χ3v) is 5.21. The number of benzene rings is 1. The van der Waals surface area contributed by atoms with Crippen LogP contribution in [-0.4, -0.2) is 38.9 Å². The summed E-state index contributed by atoms with van der Waals surface area (Å²) < 4.78 is 1.83. The van der Waals surface area contributed by atoms with Gasteiger partial charge in [0.25, 0.3) is 0 Å². The van der Waals surface area contributed by atoms with Crippen molar-refractivity contribution < 1.29 is 4.79 Å². The lowest BCUT2D eigenvalue weighted by molar-refractivity contribution is -0.137. The standard InChI is InChI=1S/C16H16Cl2N4O/c17-13-4-3-11(6-14(13)18)15-9-22(20-19-15)12-7-21(8-12)16(23)5-10-1-2-10/h3-4,6,9-10,12H,1-2,5,7-8H2. The molecule has 1 saturated carbocycles. The van der Waals surface area contributed by atoms with E-state index >= 15 is 0 Å². The first-order valence-corrected chi connectivity index (χ1v) is 8.51. The summed E-state index contributed by atoms with van der Waals surface area (Å²) in [6.45, 7) is 1.44. The summed E-state index contributed by atoms with van der Waals surface area (Å²) >= 11 is 12.0. The lowest BCUT2D eigenvalue weighted by Crippen LogP contribution is -2.51. The van der Waals surface area contributed by atoms with Crippen LogP contribution in [0, 0.1) is 5.92 Å². The molecule has 0 bridgehead atoms. The topological polar surface area (TPSA) is 51.0 Å². The van der Waals surface area contributed by atoms with Crippen molar-refractivity contribution >= 4 is 29.1 Å². The highest BCUT2D eigenvalue weighted by molar-refractivity contribution is 6.42. The van der Waals surface area contributed by atoms with Crippen LogP contribution in [0.4, 0.5) is 0 Å². The van der Waals surface area contributed by atoms with Gasteiger partial charge in [0.15, 0.2) is 0 Å². The zero-order chi connectivity index (χ0) is 16.0. The maximum atomic E-state index is 12.0. The Kier molecular flexibility index (Phi) is 3.77. The number of carbonyl (C=O) groups is 1. The number of likely N-dealkylation sites (tertiary alicyclic amines) is 1. The molecule has 1 aromatic heterocycles. The SMILES string of the molecule is O=C(CC1CC1)N1CC(n2cc(-c3ccc(Cl)c(Cl)c3)nn2)C1. The van der Waals surface area contributed by atoms with Gasteiger partial charge in [-0.1, -0.05) is 34.5 Å². The number of hydrogen-bond acceptors (Lipinski definition) is 3. The first kappa shape index (κ1) is 15.0. The molecule has 0 atom stereocenters. The predicted octanol–water partition coefficient (Wildman–Crippen LogP) is 3.44. The van der Waals surface area contributed by atoms with Crippen molar-refractivity contribution in [2.24, 2.45) is 5.92 Å². The smallest absolute Gasteiger partial charge is 0.222 e. The van der Waals surface area contributed by atoms with Crippen LogP contribution in [0.1, 0.15) is 25.3 Å². The molecule has 5 nitrogen and oxygen atoms in total. The fraction of sp³-hybridized carbons (Fsp3) is 0.438. The minimum absolute atomic E-state index is 0.210. The Morgan fingerprint density at radius 2 is 2.00 bits per heavy atom. The Balaban J connectivity index is 1.40. The summed E-state index contributed by atoms with van der Waals surface area (Å²) in [7, 11) is 0. The molecule has 1 aliphatic heterocycles. The number of hydrogen-bond donors (Lipinski definition) is 0. The van der Waals surface area contributed by atoms with Crippen LogP contribution in [0.5, 0.6) is 0 Å². The summed E-state index contributed by atoms with van der Waals surface area (Å²) in [5.74, 6) is 0.905. The first-order valence-electron chi connectivity index (χ1n) is 7.75. The van der Waals surface area contributed by atoms with Crippen LogP contribution in [0.25, 0.3) is 11.3 Å². The number of nitrogens with zero attached hydrogens (tertiary/aromatic N) is 4. The van der Waals surface area contributed by atoms with E-state index < -0.39 is 0 Å². The largest absolute Gasteiger partial charge is 0.338 e. The van der Waals surface area contributed by atoms with Gasteiger partial charge >= 0.3 is 0 Å². The van der Waals surface area contributed by atoms with Crippen molar-refractivity contribution in [3.05, 3.63) is 34.4 Å². The van der Waals surface area contributed by atoms with Gasteiger partial charge in [-0.25, -0.2) is 4.68 Å². The fourth-order valence-corrected chi connectivity index (χ4v) is 3.07. The number of rotatable bonds is 4. The van der Waals surface area contributed by atoms with E-state index in [0.717, 1.165) is 24.3 Å². The number of carbonyl (C=O) groups excluding carboxylic acids is 1. The Bertz CT molecular complexity index is 750. The summed E-state index contributed by atoms with van der Waals surface area (Å²) in [4.78, 5) is 13.9. The minimum atomic E-state index is 0.210. The van der Waals surface area contributed by atoms with Crippen molar-refractivity contribution in [2.75, 3.05) is 13.1 Å². The van der Waals surface area contributed by atoms with E-state index in [1.807, 2.05) is 21.8 Å². The summed E-state index contributed by atoms with van der Waals surface area (Å²) in [6, 6.07) is 5.61. The van der Waals surface area contributed by atoms with Gasteiger partial charge in [0.05, 0.1) is 22.3 Å². The first-order chi connectivity index (χ1) is 11.1. The van der Waals surface area contributed by atoms with Crippen LogP contribution in [0.15, 0.2) is 24.4 Å². The second-order valence-corrected chi connectivity index (χ2v) is 7.13. The molecule has 23 heavy (non-hydrogen) atoms. The molecule has 4 rings (SSSR count). The van der Waals surface area contributed by atoms with E-state index in [4.69, 9.17) is 23.2 Å². The second kappa shape index (κ2) is 5.80. The fourth-order valence-electron chi connectivity index (χ4n) is 2.77. The van der Waals surface area contributed by atoms with Gasteiger partial charge in [0, 0.05) is 25.1 Å². The molecule has 2 aliphatic rings. The summed E-state index contributed by atoms with van der Waals surface area (Å²) in [5, 5.41) is 9.40. The molecule has 120 valence electrons. The molecule has 0 radical (unpaired) electrons. The molecule has 1 aliphatic carbocycles. The highest BCUT2D eigenvalue weighted by atomic mass is 35.5. The molecule has 2 aromatic rings. The van der Waals surface area contributed by atoms with Crippen molar-refractivity contribution in [3.63, 3.8) is 0 Å². The molecule has 1 aromatic carbocycles. The normalized spacial score (nSPS) is 18.1. The second-order valence-electron chi connectivity index (χ2n) is 6.31. The molecule has 0 unspecified atom stereocenters. The summed E-state index contributed by atoms with van der Waals surface area (Å²) in [6.07, 6.45) is 5.02. The predicted molar refractivity (Wildman–Crippen MR) is 88.4 cm³/mol.